The van der Waals surface area contributed by atoms with Gasteiger partial charge < -0.3 is 20.1 Å². The van der Waals surface area contributed by atoms with Crippen LogP contribution in [0, 0.1) is 0 Å². The van der Waals surface area contributed by atoms with E-state index in [-0.39, 0.29) is 18.7 Å². The molecule has 20 heavy (non-hydrogen) atoms. The Hall–Kier alpha value is -1.27. The summed E-state index contributed by atoms with van der Waals surface area (Å²) >= 11 is 3.53. The van der Waals surface area contributed by atoms with Gasteiger partial charge in [-0.05, 0) is 37.0 Å². The molecule has 1 fully saturated rings. The molecule has 0 bridgehead atoms. The molecule has 0 spiro atoms. The van der Waals surface area contributed by atoms with Gasteiger partial charge in [0.1, 0.15) is 0 Å². The first-order valence-electron chi connectivity index (χ1n) is 6.83. The van der Waals surface area contributed by atoms with Crippen molar-refractivity contribution in [2.45, 2.75) is 31.8 Å². The Morgan fingerprint density at radius 3 is 2.95 bits per heavy atom. The van der Waals surface area contributed by atoms with Crippen LogP contribution in [0.25, 0.3) is 0 Å². The van der Waals surface area contributed by atoms with E-state index in [0.29, 0.717) is 6.54 Å². The van der Waals surface area contributed by atoms with Crippen LogP contribution >= 0.6 is 15.9 Å². The van der Waals surface area contributed by atoms with Crippen molar-refractivity contribution in [1.82, 2.24) is 10.6 Å². The lowest BCUT2D eigenvalue weighted by molar-refractivity contribution is -0.122. The summed E-state index contributed by atoms with van der Waals surface area (Å²) in [5, 5.41) is 6.25. The Bertz CT molecular complexity index is 521. The standard InChI is InChI=1S/C14H17BrN2O3/c15-10-6-13-12(19-8-20-13)5-9(10)7-17-11-3-1-2-4-16-14(11)18/h5-6,11,17H,1-4,7-8H2,(H,16,18). The van der Waals surface area contributed by atoms with E-state index in [1.54, 1.807) is 0 Å². The van der Waals surface area contributed by atoms with Crippen molar-refractivity contribution in [2.75, 3.05) is 13.3 Å². The molecule has 1 aromatic carbocycles. The number of halogens is 1. The summed E-state index contributed by atoms with van der Waals surface area (Å²) in [5.41, 5.74) is 1.06. The van der Waals surface area contributed by atoms with Crippen LogP contribution in [0.5, 0.6) is 11.5 Å². The molecule has 1 unspecified atom stereocenters. The number of benzene rings is 1. The molecular weight excluding hydrogens is 324 g/mol. The molecule has 2 heterocycles. The fraction of sp³-hybridized carbons (Fsp3) is 0.500. The number of amides is 1. The molecule has 2 N–H and O–H groups in total. The van der Waals surface area contributed by atoms with Gasteiger partial charge in [0.2, 0.25) is 12.7 Å². The molecule has 1 atom stereocenters. The largest absolute Gasteiger partial charge is 0.454 e. The average molecular weight is 341 g/mol. The molecule has 0 radical (unpaired) electrons. The van der Waals surface area contributed by atoms with E-state index in [1.807, 2.05) is 12.1 Å². The lowest BCUT2D eigenvalue weighted by Gasteiger charge is -2.16. The van der Waals surface area contributed by atoms with E-state index >= 15 is 0 Å². The second-order valence-electron chi connectivity index (χ2n) is 5.02. The van der Waals surface area contributed by atoms with Gasteiger partial charge in [-0.2, -0.15) is 0 Å². The van der Waals surface area contributed by atoms with Crippen LogP contribution in [0.2, 0.25) is 0 Å². The van der Waals surface area contributed by atoms with Crippen LogP contribution in [0.15, 0.2) is 16.6 Å². The summed E-state index contributed by atoms with van der Waals surface area (Å²) in [5.74, 6) is 1.61. The van der Waals surface area contributed by atoms with Crippen molar-refractivity contribution < 1.29 is 14.3 Å². The summed E-state index contributed by atoms with van der Waals surface area (Å²) in [7, 11) is 0. The van der Waals surface area contributed by atoms with Gasteiger partial charge in [-0.1, -0.05) is 15.9 Å². The van der Waals surface area contributed by atoms with Crippen molar-refractivity contribution in [3.63, 3.8) is 0 Å². The predicted molar refractivity (Wildman–Crippen MR) is 77.8 cm³/mol. The first-order valence-corrected chi connectivity index (χ1v) is 7.62. The van der Waals surface area contributed by atoms with E-state index in [4.69, 9.17) is 9.47 Å². The van der Waals surface area contributed by atoms with Crippen LogP contribution in [0.3, 0.4) is 0 Å². The van der Waals surface area contributed by atoms with Crippen LogP contribution in [0.4, 0.5) is 0 Å². The van der Waals surface area contributed by atoms with E-state index < -0.39 is 0 Å². The van der Waals surface area contributed by atoms with Gasteiger partial charge in [0.15, 0.2) is 11.5 Å². The topological polar surface area (TPSA) is 59.6 Å². The maximum atomic E-state index is 11.9. The minimum Gasteiger partial charge on any atom is -0.454 e. The minimum atomic E-state index is -0.116. The number of carbonyl (C=O) groups excluding carboxylic acids is 1. The third-order valence-corrected chi connectivity index (χ3v) is 4.35. The molecular formula is C14H17BrN2O3. The lowest BCUT2D eigenvalue weighted by atomic mass is 10.1. The molecule has 0 aromatic heterocycles. The lowest BCUT2D eigenvalue weighted by Crippen LogP contribution is -2.42. The zero-order valence-electron chi connectivity index (χ0n) is 11.1. The van der Waals surface area contributed by atoms with Crippen LogP contribution in [0.1, 0.15) is 24.8 Å². The molecule has 0 aliphatic carbocycles. The number of ether oxygens (including phenoxy) is 2. The van der Waals surface area contributed by atoms with E-state index in [9.17, 15) is 4.79 Å². The molecule has 108 valence electrons. The number of carbonyl (C=O) groups is 1. The van der Waals surface area contributed by atoms with Crippen molar-refractivity contribution in [3.05, 3.63) is 22.2 Å². The van der Waals surface area contributed by atoms with Crippen LogP contribution < -0.4 is 20.1 Å². The summed E-state index contributed by atoms with van der Waals surface area (Å²) in [6.45, 7) is 1.67. The predicted octanol–water partition coefficient (Wildman–Crippen LogP) is 1.94. The second-order valence-corrected chi connectivity index (χ2v) is 5.87. The minimum absolute atomic E-state index is 0.0966. The van der Waals surface area contributed by atoms with Gasteiger partial charge in [0, 0.05) is 17.6 Å². The Kier molecular flexibility index (Phi) is 4.12. The zero-order chi connectivity index (χ0) is 13.9. The Labute approximate surface area is 126 Å². The molecule has 2 aliphatic rings. The quantitative estimate of drug-likeness (QED) is 0.882. The highest BCUT2D eigenvalue weighted by molar-refractivity contribution is 9.10. The monoisotopic (exact) mass is 340 g/mol. The highest BCUT2D eigenvalue weighted by Gasteiger charge is 2.21. The molecule has 1 saturated heterocycles. The van der Waals surface area contributed by atoms with Crippen molar-refractivity contribution in [2.24, 2.45) is 0 Å². The van der Waals surface area contributed by atoms with Crippen LogP contribution in [-0.4, -0.2) is 25.3 Å². The Morgan fingerprint density at radius 2 is 2.10 bits per heavy atom. The third-order valence-electron chi connectivity index (χ3n) is 3.62. The zero-order valence-corrected chi connectivity index (χ0v) is 12.7. The first kappa shape index (κ1) is 13.7. The molecule has 3 rings (SSSR count). The highest BCUT2D eigenvalue weighted by Crippen LogP contribution is 2.36. The van der Waals surface area contributed by atoms with Gasteiger partial charge >= 0.3 is 0 Å². The molecule has 2 aliphatic heterocycles. The number of fused-ring (bicyclic) bond motifs is 1. The number of nitrogens with one attached hydrogen (secondary N) is 2. The number of hydrogen-bond donors (Lipinski definition) is 2. The second kappa shape index (κ2) is 6.01. The Balaban J connectivity index is 1.67. The van der Waals surface area contributed by atoms with E-state index in [0.717, 1.165) is 47.3 Å². The van der Waals surface area contributed by atoms with Gasteiger partial charge in [-0.15, -0.1) is 0 Å². The van der Waals surface area contributed by atoms with Gasteiger partial charge in [-0.25, -0.2) is 0 Å². The van der Waals surface area contributed by atoms with Gasteiger partial charge in [-0.3, -0.25) is 4.79 Å². The van der Waals surface area contributed by atoms with E-state index in [2.05, 4.69) is 26.6 Å². The van der Waals surface area contributed by atoms with Crippen molar-refractivity contribution in [1.29, 1.82) is 0 Å². The normalized spacial score (nSPS) is 21.4. The highest BCUT2D eigenvalue weighted by atomic mass is 79.9. The fourth-order valence-electron chi connectivity index (χ4n) is 2.46. The van der Waals surface area contributed by atoms with Crippen LogP contribution in [-0.2, 0) is 11.3 Å². The maximum Gasteiger partial charge on any atom is 0.237 e. The summed E-state index contributed by atoms with van der Waals surface area (Å²) in [4.78, 5) is 11.9. The first-order chi connectivity index (χ1) is 9.74. The van der Waals surface area contributed by atoms with Crippen molar-refractivity contribution >= 4 is 21.8 Å². The number of rotatable bonds is 3. The fourth-order valence-corrected chi connectivity index (χ4v) is 2.92. The smallest absolute Gasteiger partial charge is 0.237 e. The van der Waals surface area contributed by atoms with E-state index in [1.165, 1.54) is 0 Å². The molecule has 6 heteroatoms. The number of hydrogen-bond acceptors (Lipinski definition) is 4. The molecule has 1 amide bonds. The molecule has 0 saturated carbocycles. The molecule has 1 aromatic rings. The van der Waals surface area contributed by atoms with Crippen molar-refractivity contribution in [3.8, 4) is 11.5 Å². The summed E-state index contributed by atoms with van der Waals surface area (Å²) in [6.07, 6.45) is 3.00. The van der Waals surface area contributed by atoms with Gasteiger partial charge in [0.05, 0.1) is 6.04 Å². The third kappa shape index (κ3) is 2.91. The SMILES string of the molecule is O=C1NCCCCC1NCc1cc2c(cc1Br)OCO2. The summed E-state index contributed by atoms with van der Waals surface area (Å²) in [6, 6.07) is 3.75. The average Bonchev–Trinajstić information content (AvgIpc) is 2.78. The van der Waals surface area contributed by atoms with Gasteiger partial charge in [0.25, 0.3) is 0 Å². The Morgan fingerprint density at radius 1 is 1.30 bits per heavy atom. The molecule has 5 nitrogen and oxygen atoms in total. The summed E-state index contributed by atoms with van der Waals surface area (Å²) < 4.78 is 11.7. The maximum absolute atomic E-state index is 11.9.